The molecule has 2 N–H and O–H groups in total. The standard InChI is InChI=1S/C21H27N3O4S/c1-2-17(18-7-4-3-5-8-18)16-22-21(25)23-19-9-6-10-20(15-19)29(26,27)24-11-13-28-14-12-24/h3-10,15,17H,2,11-14,16H2,1H3,(H2,22,23,25). The van der Waals surface area contributed by atoms with Crippen molar-refractivity contribution < 1.29 is 17.9 Å². The van der Waals surface area contributed by atoms with E-state index in [0.29, 0.717) is 38.5 Å². The van der Waals surface area contributed by atoms with Gasteiger partial charge in [0.15, 0.2) is 0 Å². The molecule has 1 unspecified atom stereocenters. The van der Waals surface area contributed by atoms with Crippen molar-refractivity contribution in [2.24, 2.45) is 0 Å². The fourth-order valence-electron chi connectivity index (χ4n) is 3.28. The van der Waals surface area contributed by atoms with Crippen molar-refractivity contribution in [3.63, 3.8) is 0 Å². The fourth-order valence-corrected chi connectivity index (χ4v) is 4.74. The molecule has 8 heteroatoms. The van der Waals surface area contributed by atoms with Crippen LogP contribution in [0.15, 0.2) is 59.5 Å². The summed E-state index contributed by atoms with van der Waals surface area (Å²) in [6.45, 7) is 4.02. The van der Waals surface area contributed by atoms with Crippen molar-refractivity contribution in [3.8, 4) is 0 Å². The molecule has 1 heterocycles. The van der Waals surface area contributed by atoms with Crippen LogP contribution in [0.2, 0.25) is 0 Å². The van der Waals surface area contributed by atoms with Gasteiger partial charge in [0.2, 0.25) is 10.0 Å². The van der Waals surface area contributed by atoms with Crippen LogP contribution < -0.4 is 10.6 Å². The molecule has 2 amide bonds. The Morgan fingerprint density at radius 3 is 2.52 bits per heavy atom. The second-order valence-corrected chi connectivity index (χ2v) is 8.83. The van der Waals surface area contributed by atoms with Crippen molar-refractivity contribution in [1.29, 1.82) is 0 Å². The highest BCUT2D eigenvalue weighted by molar-refractivity contribution is 7.89. The van der Waals surface area contributed by atoms with Gasteiger partial charge in [-0.1, -0.05) is 43.3 Å². The normalized spacial score (nSPS) is 16.2. The molecule has 1 saturated heterocycles. The van der Waals surface area contributed by atoms with E-state index in [2.05, 4.69) is 17.6 Å². The molecule has 1 aliphatic heterocycles. The third-order valence-corrected chi connectivity index (χ3v) is 6.87. The number of carbonyl (C=O) groups is 1. The van der Waals surface area contributed by atoms with Gasteiger partial charge in [-0.2, -0.15) is 4.31 Å². The van der Waals surface area contributed by atoms with Gasteiger partial charge in [0.1, 0.15) is 0 Å². The predicted molar refractivity (Wildman–Crippen MR) is 113 cm³/mol. The van der Waals surface area contributed by atoms with Crippen LogP contribution in [0.25, 0.3) is 0 Å². The van der Waals surface area contributed by atoms with Crippen molar-refractivity contribution in [1.82, 2.24) is 9.62 Å². The maximum absolute atomic E-state index is 12.8. The number of carbonyl (C=O) groups excluding carboxylic acids is 1. The zero-order valence-electron chi connectivity index (χ0n) is 16.5. The van der Waals surface area contributed by atoms with Crippen molar-refractivity contribution in [2.45, 2.75) is 24.2 Å². The fraction of sp³-hybridized carbons (Fsp3) is 0.381. The Kier molecular flexibility index (Phi) is 7.24. The topological polar surface area (TPSA) is 87.7 Å². The number of morpholine rings is 1. The zero-order valence-corrected chi connectivity index (χ0v) is 17.3. The highest BCUT2D eigenvalue weighted by atomic mass is 32.2. The van der Waals surface area contributed by atoms with Gasteiger partial charge in [-0.05, 0) is 30.2 Å². The predicted octanol–water partition coefficient (Wildman–Crippen LogP) is 3.02. The van der Waals surface area contributed by atoms with Crippen LogP contribution in [0.3, 0.4) is 0 Å². The van der Waals surface area contributed by atoms with Crippen LogP contribution in [-0.2, 0) is 14.8 Å². The van der Waals surface area contributed by atoms with Gasteiger partial charge in [0.25, 0.3) is 0 Å². The second-order valence-electron chi connectivity index (χ2n) is 6.90. The molecule has 1 fully saturated rings. The van der Waals surface area contributed by atoms with Gasteiger partial charge in [-0.25, -0.2) is 13.2 Å². The Labute approximate surface area is 172 Å². The number of hydrogen-bond acceptors (Lipinski definition) is 4. The number of hydrogen-bond donors (Lipinski definition) is 2. The molecular weight excluding hydrogens is 390 g/mol. The lowest BCUT2D eigenvalue weighted by molar-refractivity contribution is 0.0730. The number of nitrogens with one attached hydrogen (secondary N) is 2. The van der Waals surface area contributed by atoms with E-state index < -0.39 is 10.0 Å². The summed E-state index contributed by atoms with van der Waals surface area (Å²) in [4.78, 5) is 12.5. The summed E-state index contributed by atoms with van der Waals surface area (Å²) in [6, 6.07) is 16.0. The number of ether oxygens (including phenoxy) is 1. The van der Waals surface area contributed by atoms with Gasteiger partial charge >= 0.3 is 6.03 Å². The van der Waals surface area contributed by atoms with Gasteiger partial charge < -0.3 is 15.4 Å². The molecule has 0 saturated carbocycles. The van der Waals surface area contributed by atoms with E-state index in [4.69, 9.17) is 4.74 Å². The number of rotatable bonds is 7. The minimum absolute atomic E-state index is 0.160. The summed E-state index contributed by atoms with van der Waals surface area (Å²) in [6.07, 6.45) is 0.900. The average Bonchev–Trinajstić information content (AvgIpc) is 2.76. The maximum Gasteiger partial charge on any atom is 0.319 e. The first kappa shape index (κ1) is 21.3. The average molecular weight is 418 g/mol. The zero-order chi connectivity index (χ0) is 20.7. The molecule has 156 valence electrons. The molecule has 29 heavy (non-hydrogen) atoms. The molecular formula is C21H27N3O4S. The summed E-state index contributed by atoms with van der Waals surface area (Å²) >= 11 is 0. The highest BCUT2D eigenvalue weighted by Crippen LogP contribution is 2.21. The monoisotopic (exact) mass is 417 g/mol. The first-order valence-corrected chi connectivity index (χ1v) is 11.2. The first-order valence-electron chi connectivity index (χ1n) is 9.78. The van der Waals surface area contributed by atoms with Gasteiger partial charge in [-0.15, -0.1) is 0 Å². The van der Waals surface area contributed by atoms with E-state index in [-0.39, 0.29) is 16.8 Å². The molecule has 1 aliphatic rings. The number of benzene rings is 2. The molecule has 2 aromatic carbocycles. The minimum Gasteiger partial charge on any atom is -0.379 e. The molecule has 1 atom stereocenters. The number of nitrogens with zero attached hydrogens (tertiary/aromatic N) is 1. The molecule has 3 rings (SSSR count). The minimum atomic E-state index is -3.60. The summed E-state index contributed by atoms with van der Waals surface area (Å²) in [5.41, 5.74) is 1.61. The summed E-state index contributed by atoms with van der Waals surface area (Å²) in [7, 11) is -3.60. The quantitative estimate of drug-likeness (QED) is 0.725. The second kappa shape index (κ2) is 9.87. The summed E-state index contributed by atoms with van der Waals surface area (Å²) in [5.74, 6) is 0.218. The largest absolute Gasteiger partial charge is 0.379 e. The number of anilines is 1. The van der Waals surface area contributed by atoms with E-state index >= 15 is 0 Å². The molecule has 0 aliphatic carbocycles. The molecule has 2 aromatic rings. The summed E-state index contributed by atoms with van der Waals surface area (Å²) < 4.78 is 32.2. The van der Waals surface area contributed by atoms with E-state index in [1.54, 1.807) is 12.1 Å². The Morgan fingerprint density at radius 2 is 1.83 bits per heavy atom. The van der Waals surface area contributed by atoms with Gasteiger partial charge in [0.05, 0.1) is 18.1 Å². The molecule has 7 nitrogen and oxygen atoms in total. The SMILES string of the molecule is CCC(CNC(=O)Nc1cccc(S(=O)(=O)N2CCOCC2)c1)c1ccccc1. The Morgan fingerprint density at radius 1 is 1.10 bits per heavy atom. The molecule has 0 spiro atoms. The number of amides is 2. The Bertz CT molecular complexity index is 913. The number of sulfonamides is 1. The first-order chi connectivity index (χ1) is 14.0. The third kappa shape index (κ3) is 5.56. The van der Waals surface area contributed by atoms with E-state index in [0.717, 1.165) is 6.42 Å². The number of urea groups is 1. The lowest BCUT2D eigenvalue weighted by Crippen LogP contribution is -2.40. The lowest BCUT2D eigenvalue weighted by Gasteiger charge is -2.26. The van der Waals surface area contributed by atoms with Crippen molar-refractivity contribution in [3.05, 3.63) is 60.2 Å². The Balaban J connectivity index is 1.61. The van der Waals surface area contributed by atoms with E-state index in [1.807, 2.05) is 30.3 Å². The van der Waals surface area contributed by atoms with Crippen LogP contribution in [0.1, 0.15) is 24.8 Å². The van der Waals surface area contributed by atoms with Crippen molar-refractivity contribution in [2.75, 3.05) is 38.2 Å². The van der Waals surface area contributed by atoms with Gasteiger partial charge in [0, 0.05) is 31.2 Å². The molecule has 0 radical (unpaired) electrons. The Hall–Kier alpha value is -2.42. The van der Waals surface area contributed by atoms with Crippen LogP contribution in [0.5, 0.6) is 0 Å². The summed E-state index contributed by atoms with van der Waals surface area (Å²) in [5, 5.41) is 5.61. The van der Waals surface area contributed by atoms with Crippen LogP contribution in [0.4, 0.5) is 10.5 Å². The van der Waals surface area contributed by atoms with Gasteiger partial charge in [-0.3, -0.25) is 0 Å². The van der Waals surface area contributed by atoms with Crippen LogP contribution in [0, 0.1) is 0 Å². The highest BCUT2D eigenvalue weighted by Gasteiger charge is 2.26. The maximum atomic E-state index is 12.8. The van der Waals surface area contributed by atoms with Crippen LogP contribution in [-0.4, -0.2) is 51.6 Å². The molecule has 0 aromatic heterocycles. The van der Waals surface area contributed by atoms with E-state index in [1.165, 1.54) is 22.0 Å². The van der Waals surface area contributed by atoms with E-state index in [9.17, 15) is 13.2 Å². The van der Waals surface area contributed by atoms with Crippen molar-refractivity contribution >= 4 is 21.7 Å². The smallest absolute Gasteiger partial charge is 0.319 e. The van der Waals surface area contributed by atoms with Crippen LogP contribution >= 0.6 is 0 Å². The third-order valence-electron chi connectivity index (χ3n) is 4.97. The lowest BCUT2D eigenvalue weighted by atomic mass is 9.97. The molecule has 0 bridgehead atoms.